The average molecular weight is 374 g/mol. The molecule has 136 valence electrons. The van der Waals surface area contributed by atoms with Gasteiger partial charge < -0.3 is 20.7 Å². The van der Waals surface area contributed by atoms with Crippen LogP contribution in [0.25, 0.3) is 0 Å². The number of nitrogens with two attached hydrogens (primary N) is 1. The van der Waals surface area contributed by atoms with Crippen molar-refractivity contribution in [3.63, 3.8) is 0 Å². The Hall–Kier alpha value is -2.57. The third-order valence-corrected chi connectivity index (χ3v) is 4.47. The van der Waals surface area contributed by atoms with Crippen LogP contribution in [0, 0.1) is 0 Å². The number of benzene rings is 2. The summed E-state index contributed by atoms with van der Waals surface area (Å²) in [6.45, 7) is 1.38. The van der Waals surface area contributed by atoms with E-state index in [4.69, 9.17) is 22.1 Å². The molecule has 26 heavy (non-hydrogen) atoms. The summed E-state index contributed by atoms with van der Waals surface area (Å²) in [6, 6.07) is 14.3. The van der Waals surface area contributed by atoms with E-state index in [1.807, 2.05) is 12.1 Å². The van der Waals surface area contributed by atoms with Gasteiger partial charge in [0.1, 0.15) is 6.10 Å². The number of ether oxygens (including phenoxy) is 1. The maximum atomic E-state index is 12.7. The number of rotatable bonds is 4. The van der Waals surface area contributed by atoms with E-state index >= 15 is 0 Å². The van der Waals surface area contributed by atoms with Crippen molar-refractivity contribution < 1.29 is 14.3 Å². The lowest BCUT2D eigenvalue weighted by Crippen LogP contribution is -2.44. The van der Waals surface area contributed by atoms with Crippen LogP contribution < -0.4 is 11.1 Å². The van der Waals surface area contributed by atoms with E-state index < -0.39 is 5.91 Å². The zero-order valence-electron chi connectivity index (χ0n) is 14.2. The van der Waals surface area contributed by atoms with Crippen molar-refractivity contribution in [3.05, 3.63) is 64.7 Å². The van der Waals surface area contributed by atoms with Crippen LogP contribution in [-0.4, -0.2) is 36.5 Å². The number of halogens is 1. The maximum Gasteiger partial charge on any atom is 0.322 e. The van der Waals surface area contributed by atoms with Gasteiger partial charge in [-0.2, -0.15) is 0 Å². The standard InChI is InChI=1S/C19H20ClN3O3/c20-15-7-5-13(6-8-15)17-12-23(9-10-26-17)19(25)22-16-4-2-1-3-14(16)11-18(21)24/h1-8,17H,9-12H2,(H2,21,24)(H,22,25). The molecule has 0 spiro atoms. The summed E-state index contributed by atoms with van der Waals surface area (Å²) in [4.78, 5) is 25.6. The SMILES string of the molecule is NC(=O)Cc1ccccc1NC(=O)N1CCOC(c2ccc(Cl)cc2)C1. The molecule has 2 aromatic carbocycles. The van der Waals surface area contributed by atoms with Crippen LogP contribution in [0.2, 0.25) is 5.02 Å². The number of hydrogen-bond acceptors (Lipinski definition) is 3. The van der Waals surface area contributed by atoms with Crippen molar-refractivity contribution in [1.29, 1.82) is 0 Å². The number of hydrogen-bond donors (Lipinski definition) is 2. The van der Waals surface area contributed by atoms with Gasteiger partial charge in [-0.05, 0) is 29.3 Å². The molecule has 2 aromatic rings. The molecular weight excluding hydrogens is 354 g/mol. The highest BCUT2D eigenvalue weighted by Gasteiger charge is 2.25. The molecular formula is C19H20ClN3O3. The number of nitrogens with zero attached hydrogens (tertiary/aromatic N) is 1. The van der Waals surface area contributed by atoms with Crippen LogP contribution in [0.15, 0.2) is 48.5 Å². The molecule has 7 heteroatoms. The molecule has 1 aliphatic rings. The predicted octanol–water partition coefficient (Wildman–Crippen LogP) is 2.97. The third kappa shape index (κ3) is 4.53. The van der Waals surface area contributed by atoms with Crippen LogP contribution in [-0.2, 0) is 16.0 Å². The van der Waals surface area contributed by atoms with E-state index in [1.54, 1.807) is 41.3 Å². The molecule has 0 aliphatic carbocycles. The Kier molecular flexibility index (Phi) is 5.75. The number of morpholine rings is 1. The number of para-hydroxylation sites is 1. The first-order valence-electron chi connectivity index (χ1n) is 8.32. The van der Waals surface area contributed by atoms with Crippen molar-refractivity contribution in [1.82, 2.24) is 4.90 Å². The minimum absolute atomic E-state index is 0.0764. The van der Waals surface area contributed by atoms with Gasteiger partial charge in [0.25, 0.3) is 0 Å². The Bertz CT molecular complexity index is 795. The van der Waals surface area contributed by atoms with Crippen LogP contribution in [0.4, 0.5) is 10.5 Å². The summed E-state index contributed by atoms with van der Waals surface area (Å²) < 4.78 is 5.78. The molecule has 1 atom stereocenters. The summed E-state index contributed by atoms with van der Waals surface area (Å²) in [5, 5.41) is 3.53. The summed E-state index contributed by atoms with van der Waals surface area (Å²) in [7, 11) is 0. The van der Waals surface area contributed by atoms with Gasteiger partial charge in [-0.15, -0.1) is 0 Å². The average Bonchev–Trinajstić information content (AvgIpc) is 2.63. The molecule has 1 heterocycles. The second kappa shape index (κ2) is 8.21. The zero-order valence-corrected chi connectivity index (χ0v) is 14.9. The Labute approximate surface area is 156 Å². The number of nitrogens with one attached hydrogen (secondary N) is 1. The summed E-state index contributed by atoms with van der Waals surface area (Å²) in [5.41, 5.74) is 7.52. The monoisotopic (exact) mass is 373 g/mol. The van der Waals surface area contributed by atoms with Crippen molar-refractivity contribution in [2.45, 2.75) is 12.5 Å². The fourth-order valence-electron chi connectivity index (χ4n) is 2.89. The van der Waals surface area contributed by atoms with E-state index in [0.717, 1.165) is 5.56 Å². The Balaban J connectivity index is 1.68. The molecule has 0 aromatic heterocycles. The van der Waals surface area contributed by atoms with Crippen molar-refractivity contribution in [2.75, 3.05) is 25.0 Å². The van der Waals surface area contributed by atoms with Crippen molar-refractivity contribution in [3.8, 4) is 0 Å². The van der Waals surface area contributed by atoms with Gasteiger partial charge in [0.05, 0.1) is 19.6 Å². The minimum Gasteiger partial charge on any atom is -0.370 e. The van der Waals surface area contributed by atoms with Crippen molar-refractivity contribution in [2.24, 2.45) is 5.73 Å². The topological polar surface area (TPSA) is 84.7 Å². The first kappa shape index (κ1) is 18.2. The van der Waals surface area contributed by atoms with Gasteiger partial charge in [0.2, 0.25) is 5.91 Å². The molecule has 0 bridgehead atoms. The van der Waals surface area contributed by atoms with Crippen LogP contribution in [0.3, 0.4) is 0 Å². The second-order valence-electron chi connectivity index (χ2n) is 6.09. The summed E-state index contributed by atoms with van der Waals surface area (Å²) in [5.74, 6) is -0.444. The largest absolute Gasteiger partial charge is 0.370 e. The Morgan fingerprint density at radius 3 is 2.65 bits per heavy atom. The molecule has 1 aliphatic heterocycles. The maximum absolute atomic E-state index is 12.7. The number of urea groups is 1. The number of amides is 3. The summed E-state index contributed by atoms with van der Waals surface area (Å²) in [6.07, 6.45) is -0.125. The minimum atomic E-state index is -0.444. The first-order valence-corrected chi connectivity index (χ1v) is 8.70. The second-order valence-corrected chi connectivity index (χ2v) is 6.52. The molecule has 1 unspecified atom stereocenters. The molecule has 3 N–H and O–H groups in total. The fraction of sp³-hybridized carbons (Fsp3) is 0.263. The molecule has 1 saturated heterocycles. The number of anilines is 1. The first-order chi connectivity index (χ1) is 12.5. The van der Waals surface area contributed by atoms with E-state index in [2.05, 4.69) is 5.32 Å². The molecule has 0 radical (unpaired) electrons. The van der Waals surface area contributed by atoms with Crippen LogP contribution in [0.1, 0.15) is 17.2 Å². The lowest BCUT2D eigenvalue weighted by atomic mass is 10.1. The van der Waals surface area contributed by atoms with E-state index in [-0.39, 0.29) is 18.6 Å². The smallest absolute Gasteiger partial charge is 0.322 e. The van der Waals surface area contributed by atoms with E-state index in [1.165, 1.54) is 0 Å². The van der Waals surface area contributed by atoms with Gasteiger partial charge in [-0.3, -0.25) is 4.79 Å². The van der Waals surface area contributed by atoms with Gasteiger partial charge in [-0.1, -0.05) is 41.9 Å². The normalized spacial score (nSPS) is 17.0. The Morgan fingerprint density at radius 2 is 1.92 bits per heavy atom. The zero-order chi connectivity index (χ0) is 18.5. The van der Waals surface area contributed by atoms with Gasteiger partial charge in [0.15, 0.2) is 0 Å². The predicted molar refractivity (Wildman–Crippen MR) is 100 cm³/mol. The van der Waals surface area contributed by atoms with E-state index in [9.17, 15) is 9.59 Å². The number of carbonyl (C=O) groups is 2. The third-order valence-electron chi connectivity index (χ3n) is 4.22. The summed E-state index contributed by atoms with van der Waals surface area (Å²) >= 11 is 5.92. The molecule has 1 fully saturated rings. The molecule has 3 amide bonds. The van der Waals surface area contributed by atoms with Gasteiger partial charge in [-0.25, -0.2) is 4.79 Å². The van der Waals surface area contributed by atoms with Crippen LogP contribution in [0.5, 0.6) is 0 Å². The molecule has 3 rings (SSSR count). The van der Waals surface area contributed by atoms with E-state index in [0.29, 0.717) is 36.0 Å². The highest BCUT2D eigenvalue weighted by Crippen LogP contribution is 2.24. The lowest BCUT2D eigenvalue weighted by molar-refractivity contribution is -0.117. The molecule has 6 nitrogen and oxygen atoms in total. The molecule has 0 saturated carbocycles. The highest BCUT2D eigenvalue weighted by molar-refractivity contribution is 6.30. The van der Waals surface area contributed by atoms with Gasteiger partial charge in [0, 0.05) is 17.3 Å². The lowest BCUT2D eigenvalue weighted by Gasteiger charge is -2.33. The Morgan fingerprint density at radius 1 is 1.19 bits per heavy atom. The van der Waals surface area contributed by atoms with Crippen molar-refractivity contribution >= 4 is 29.2 Å². The van der Waals surface area contributed by atoms with Crippen LogP contribution >= 0.6 is 11.6 Å². The number of carbonyl (C=O) groups excluding carboxylic acids is 2. The quantitative estimate of drug-likeness (QED) is 0.864. The highest BCUT2D eigenvalue weighted by atomic mass is 35.5. The van der Waals surface area contributed by atoms with Gasteiger partial charge >= 0.3 is 6.03 Å². The number of primary amides is 1. The fourth-order valence-corrected chi connectivity index (χ4v) is 3.02.